The fourth-order valence-electron chi connectivity index (χ4n) is 2.97. The van der Waals surface area contributed by atoms with Crippen LogP contribution in [0.25, 0.3) is 5.69 Å². The number of hydrogen-bond donors (Lipinski definition) is 0. The van der Waals surface area contributed by atoms with Crippen molar-refractivity contribution in [1.29, 1.82) is 0 Å². The molecule has 0 saturated heterocycles. The van der Waals surface area contributed by atoms with Gasteiger partial charge in [-0.1, -0.05) is 6.07 Å². The van der Waals surface area contributed by atoms with Gasteiger partial charge in [-0.2, -0.15) is 10.2 Å². The Balaban J connectivity index is 1.78. The maximum Gasteiger partial charge on any atom is 0.253 e. The summed E-state index contributed by atoms with van der Waals surface area (Å²) in [4.78, 5) is 14.5. The molecule has 0 bridgehead atoms. The van der Waals surface area contributed by atoms with E-state index in [0.717, 1.165) is 22.6 Å². The molecule has 3 aromatic rings. The molecule has 0 unspecified atom stereocenters. The predicted octanol–water partition coefficient (Wildman–Crippen LogP) is 3.54. The fraction of sp³-hybridized carbons (Fsp3) is 0.350. The third-order valence-electron chi connectivity index (χ3n) is 4.30. The maximum absolute atomic E-state index is 12.8. The lowest BCUT2D eigenvalue weighted by molar-refractivity contribution is 0.0785. The lowest BCUT2D eigenvalue weighted by atomic mass is 10.1. The first kappa shape index (κ1) is 17.9. The summed E-state index contributed by atoms with van der Waals surface area (Å²) in [5.74, 6) is -0.0225. The van der Waals surface area contributed by atoms with Gasteiger partial charge < -0.3 is 4.90 Å². The van der Waals surface area contributed by atoms with Gasteiger partial charge in [-0.05, 0) is 52.0 Å². The average Bonchev–Trinajstić information content (AvgIpc) is 3.20. The molecule has 0 spiro atoms. The summed E-state index contributed by atoms with van der Waals surface area (Å²) in [5.41, 5.74) is 4.56. The zero-order chi connectivity index (χ0) is 18.8. The smallest absolute Gasteiger partial charge is 0.253 e. The van der Waals surface area contributed by atoms with Crippen LogP contribution in [0.5, 0.6) is 0 Å². The van der Waals surface area contributed by atoms with E-state index in [4.69, 9.17) is 0 Å². The molecule has 136 valence electrons. The van der Waals surface area contributed by atoms with Crippen LogP contribution in [0.4, 0.5) is 0 Å². The minimum atomic E-state index is -0.0225. The van der Waals surface area contributed by atoms with Gasteiger partial charge in [-0.25, -0.2) is 4.68 Å². The van der Waals surface area contributed by atoms with Crippen molar-refractivity contribution in [3.05, 3.63) is 65.2 Å². The zero-order valence-electron chi connectivity index (χ0n) is 16.0. The van der Waals surface area contributed by atoms with Crippen LogP contribution in [-0.2, 0) is 6.54 Å². The number of aromatic nitrogens is 4. The van der Waals surface area contributed by atoms with Crippen LogP contribution >= 0.6 is 0 Å². The van der Waals surface area contributed by atoms with Crippen molar-refractivity contribution in [2.24, 2.45) is 0 Å². The summed E-state index contributed by atoms with van der Waals surface area (Å²) < 4.78 is 3.76. The van der Waals surface area contributed by atoms with Crippen LogP contribution in [0.1, 0.15) is 47.2 Å². The molecule has 0 N–H and O–H groups in total. The molecule has 1 amide bonds. The first-order valence-corrected chi connectivity index (χ1v) is 8.77. The fourth-order valence-corrected chi connectivity index (χ4v) is 2.97. The minimum Gasteiger partial charge on any atom is -0.337 e. The first-order valence-electron chi connectivity index (χ1n) is 8.77. The number of benzene rings is 1. The number of carbonyl (C=O) groups is 1. The van der Waals surface area contributed by atoms with Crippen LogP contribution in [0, 0.1) is 13.8 Å². The second-order valence-electron chi connectivity index (χ2n) is 6.97. The highest BCUT2D eigenvalue weighted by molar-refractivity contribution is 5.94. The summed E-state index contributed by atoms with van der Waals surface area (Å²) in [5, 5.41) is 8.83. The zero-order valence-corrected chi connectivity index (χ0v) is 16.0. The number of aryl methyl sites for hydroxylation is 2. The molecule has 0 fully saturated rings. The van der Waals surface area contributed by atoms with Crippen molar-refractivity contribution in [2.75, 3.05) is 7.05 Å². The topological polar surface area (TPSA) is 56.0 Å². The van der Waals surface area contributed by atoms with Crippen LogP contribution in [0.3, 0.4) is 0 Å². The third-order valence-corrected chi connectivity index (χ3v) is 4.30. The van der Waals surface area contributed by atoms with E-state index in [1.165, 1.54) is 0 Å². The van der Waals surface area contributed by atoms with Gasteiger partial charge >= 0.3 is 0 Å². The highest BCUT2D eigenvalue weighted by Crippen LogP contribution is 2.16. The Kier molecular flexibility index (Phi) is 4.93. The normalized spacial score (nSPS) is 11.2. The molecule has 6 nitrogen and oxygen atoms in total. The Morgan fingerprint density at radius 2 is 2.00 bits per heavy atom. The van der Waals surface area contributed by atoms with Crippen molar-refractivity contribution in [2.45, 2.75) is 40.3 Å². The van der Waals surface area contributed by atoms with Crippen LogP contribution in [0.2, 0.25) is 0 Å². The van der Waals surface area contributed by atoms with Gasteiger partial charge in [0.05, 0.1) is 17.6 Å². The lowest BCUT2D eigenvalue weighted by Crippen LogP contribution is -2.26. The first-order chi connectivity index (χ1) is 12.3. The van der Waals surface area contributed by atoms with Gasteiger partial charge in [-0.15, -0.1) is 0 Å². The third kappa shape index (κ3) is 3.69. The minimum absolute atomic E-state index is 0.0225. The Morgan fingerprint density at radius 1 is 1.23 bits per heavy atom. The number of amides is 1. The molecule has 2 heterocycles. The van der Waals surface area contributed by atoms with E-state index in [1.54, 1.807) is 4.90 Å². The van der Waals surface area contributed by atoms with E-state index >= 15 is 0 Å². The summed E-state index contributed by atoms with van der Waals surface area (Å²) in [6, 6.07) is 9.91. The van der Waals surface area contributed by atoms with E-state index in [1.807, 2.05) is 73.0 Å². The Bertz CT molecular complexity index is 922. The average molecular weight is 351 g/mol. The van der Waals surface area contributed by atoms with E-state index in [-0.39, 0.29) is 5.91 Å². The van der Waals surface area contributed by atoms with E-state index in [9.17, 15) is 4.79 Å². The van der Waals surface area contributed by atoms with Gasteiger partial charge in [0, 0.05) is 42.7 Å². The summed E-state index contributed by atoms with van der Waals surface area (Å²) >= 11 is 0. The molecule has 0 aliphatic rings. The second-order valence-corrected chi connectivity index (χ2v) is 6.97. The standard InChI is InChI=1S/C20H25N5O/c1-14(2)24-13-17(11-21-24)12-23(5)20(26)18-7-6-8-19(10-18)25-16(4)9-15(3)22-25/h6-11,13-14H,12H2,1-5H3. The van der Waals surface area contributed by atoms with Gasteiger partial charge in [0.25, 0.3) is 5.91 Å². The molecule has 2 aromatic heterocycles. The van der Waals surface area contributed by atoms with Gasteiger partial charge in [-0.3, -0.25) is 9.48 Å². The lowest BCUT2D eigenvalue weighted by Gasteiger charge is -2.17. The molecular weight excluding hydrogens is 326 g/mol. The van der Waals surface area contributed by atoms with Crippen LogP contribution in [-0.4, -0.2) is 37.4 Å². The van der Waals surface area contributed by atoms with Crippen molar-refractivity contribution in [3.63, 3.8) is 0 Å². The Labute approximate surface area is 154 Å². The predicted molar refractivity (Wildman–Crippen MR) is 101 cm³/mol. The van der Waals surface area contributed by atoms with Crippen LogP contribution in [0.15, 0.2) is 42.7 Å². The molecule has 26 heavy (non-hydrogen) atoms. The molecule has 0 radical (unpaired) electrons. The van der Waals surface area contributed by atoms with E-state index < -0.39 is 0 Å². The SMILES string of the molecule is Cc1cc(C)n(-c2cccc(C(=O)N(C)Cc3cnn(C(C)C)c3)c2)n1. The van der Waals surface area contributed by atoms with Gasteiger partial charge in [0.1, 0.15) is 0 Å². The van der Waals surface area contributed by atoms with Gasteiger partial charge in [0.2, 0.25) is 0 Å². The maximum atomic E-state index is 12.8. The molecule has 0 atom stereocenters. The van der Waals surface area contributed by atoms with Crippen molar-refractivity contribution < 1.29 is 4.79 Å². The second kappa shape index (κ2) is 7.15. The summed E-state index contributed by atoms with van der Waals surface area (Å²) in [7, 11) is 1.81. The Morgan fingerprint density at radius 3 is 2.62 bits per heavy atom. The van der Waals surface area contributed by atoms with Crippen molar-refractivity contribution in [1.82, 2.24) is 24.5 Å². The monoisotopic (exact) mass is 351 g/mol. The molecule has 3 rings (SSSR count). The molecule has 0 aliphatic heterocycles. The Hall–Kier alpha value is -2.89. The van der Waals surface area contributed by atoms with Gasteiger partial charge in [0.15, 0.2) is 0 Å². The van der Waals surface area contributed by atoms with E-state index in [2.05, 4.69) is 24.0 Å². The summed E-state index contributed by atoms with van der Waals surface area (Å²) in [6.45, 7) is 8.65. The molecule has 6 heteroatoms. The highest BCUT2D eigenvalue weighted by atomic mass is 16.2. The number of carbonyl (C=O) groups excluding carboxylic acids is 1. The molecular formula is C20H25N5O. The van der Waals surface area contributed by atoms with Crippen LogP contribution < -0.4 is 0 Å². The quantitative estimate of drug-likeness (QED) is 0.706. The summed E-state index contributed by atoms with van der Waals surface area (Å²) in [6.07, 6.45) is 3.80. The molecule has 0 aliphatic carbocycles. The number of nitrogens with zero attached hydrogens (tertiary/aromatic N) is 5. The van der Waals surface area contributed by atoms with E-state index in [0.29, 0.717) is 18.2 Å². The number of hydrogen-bond acceptors (Lipinski definition) is 3. The highest BCUT2D eigenvalue weighted by Gasteiger charge is 2.15. The van der Waals surface area contributed by atoms with Crippen molar-refractivity contribution >= 4 is 5.91 Å². The number of rotatable bonds is 5. The van der Waals surface area contributed by atoms with Crippen molar-refractivity contribution in [3.8, 4) is 5.69 Å². The molecule has 1 aromatic carbocycles. The molecule has 0 saturated carbocycles. The largest absolute Gasteiger partial charge is 0.337 e.